The number of halogens is 1. The lowest BCUT2D eigenvalue weighted by Gasteiger charge is -2.07. The van der Waals surface area contributed by atoms with Crippen molar-refractivity contribution in [3.05, 3.63) is 35.3 Å². The van der Waals surface area contributed by atoms with Crippen molar-refractivity contribution in [2.75, 3.05) is 6.54 Å². The molecule has 0 aliphatic carbocycles. The number of hydrogen-bond donors (Lipinski definition) is 2. The Bertz CT molecular complexity index is 712. The van der Waals surface area contributed by atoms with Crippen molar-refractivity contribution in [1.29, 1.82) is 5.26 Å². The average Bonchev–Trinajstić information content (AvgIpc) is 2.89. The molecular weight excluding hydrogens is 269 g/mol. The number of benzene rings is 1. The number of H-pyrrole nitrogens is 1. The number of nitrogens with one attached hydrogen (secondary N) is 2. The summed E-state index contributed by atoms with van der Waals surface area (Å²) >= 11 is 0. The Morgan fingerprint density at radius 3 is 2.76 bits per heavy atom. The van der Waals surface area contributed by atoms with Crippen LogP contribution in [0.2, 0.25) is 0 Å². The molecule has 0 radical (unpaired) electrons. The van der Waals surface area contributed by atoms with Crippen LogP contribution in [0.3, 0.4) is 0 Å². The lowest BCUT2D eigenvalue weighted by Crippen LogP contribution is -2.27. The van der Waals surface area contributed by atoms with Crippen LogP contribution in [0.25, 0.3) is 10.9 Å². The molecule has 0 fully saturated rings. The predicted molar refractivity (Wildman–Crippen MR) is 79.5 cm³/mol. The quantitative estimate of drug-likeness (QED) is 0.905. The van der Waals surface area contributed by atoms with Crippen LogP contribution < -0.4 is 5.32 Å². The smallest absolute Gasteiger partial charge is 0.267 e. The van der Waals surface area contributed by atoms with Gasteiger partial charge in [0.15, 0.2) is 5.82 Å². The van der Waals surface area contributed by atoms with Crippen LogP contribution >= 0.6 is 0 Å². The van der Waals surface area contributed by atoms with Gasteiger partial charge in [0.2, 0.25) is 0 Å². The molecule has 1 aromatic carbocycles. The Labute approximate surface area is 123 Å². The fourth-order valence-electron chi connectivity index (χ4n) is 2.14. The van der Waals surface area contributed by atoms with Gasteiger partial charge in [-0.1, -0.05) is 26.0 Å². The Balaban J connectivity index is 2.29. The second-order valence-electron chi connectivity index (χ2n) is 5.51. The summed E-state index contributed by atoms with van der Waals surface area (Å²) in [5.41, 5.74) is 1.27. The van der Waals surface area contributed by atoms with Crippen molar-refractivity contribution >= 4 is 16.8 Å². The van der Waals surface area contributed by atoms with E-state index < -0.39 is 0 Å². The number of fused-ring (bicyclic) bond motifs is 1. The first-order valence-corrected chi connectivity index (χ1v) is 6.93. The van der Waals surface area contributed by atoms with Crippen LogP contribution in [0.4, 0.5) is 4.39 Å². The Morgan fingerprint density at radius 2 is 2.14 bits per heavy atom. The van der Waals surface area contributed by atoms with E-state index in [4.69, 9.17) is 5.26 Å². The molecule has 0 bridgehead atoms. The molecule has 2 N–H and O–H groups in total. The number of hydrogen-bond acceptors (Lipinski definition) is 2. The van der Waals surface area contributed by atoms with Gasteiger partial charge in [0.1, 0.15) is 5.69 Å². The van der Waals surface area contributed by atoms with Crippen LogP contribution in [-0.2, 0) is 0 Å². The lowest BCUT2D eigenvalue weighted by atomic mass is 10.0. The zero-order valence-corrected chi connectivity index (χ0v) is 12.3. The molecule has 0 spiro atoms. The molecular formula is C16H18FN3O. The maximum atomic E-state index is 14.4. The second-order valence-corrected chi connectivity index (χ2v) is 5.51. The molecule has 0 aliphatic rings. The third kappa shape index (κ3) is 3.05. The number of amides is 1. The van der Waals surface area contributed by atoms with Gasteiger partial charge < -0.3 is 10.3 Å². The van der Waals surface area contributed by atoms with E-state index in [2.05, 4.69) is 10.3 Å². The number of aromatic nitrogens is 1. The predicted octanol–water partition coefficient (Wildman–Crippen LogP) is 3.32. The normalized spacial score (nSPS) is 12.4. The summed E-state index contributed by atoms with van der Waals surface area (Å²) in [6.07, 6.45) is 0. The first-order valence-electron chi connectivity index (χ1n) is 6.93. The first kappa shape index (κ1) is 15.0. The molecule has 1 atom stereocenters. The van der Waals surface area contributed by atoms with Crippen molar-refractivity contribution in [2.45, 2.75) is 26.7 Å². The van der Waals surface area contributed by atoms with Crippen molar-refractivity contribution in [2.24, 2.45) is 5.92 Å². The third-order valence-electron chi connectivity index (χ3n) is 3.42. The van der Waals surface area contributed by atoms with Crippen LogP contribution in [0.1, 0.15) is 42.7 Å². The molecule has 5 heteroatoms. The van der Waals surface area contributed by atoms with Crippen LogP contribution in [0.5, 0.6) is 0 Å². The third-order valence-corrected chi connectivity index (χ3v) is 3.42. The Morgan fingerprint density at radius 1 is 1.43 bits per heavy atom. The minimum Gasteiger partial charge on any atom is -0.349 e. The van der Waals surface area contributed by atoms with Gasteiger partial charge in [-0.2, -0.15) is 5.26 Å². The van der Waals surface area contributed by atoms with E-state index in [1.54, 1.807) is 25.1 Å². The highest BCUT2D eigenvalue weighted by molar-refractivity contribution is 5.98. The van der Waals surface area contributed by atoms with Gasteiger partial charge in [0, 0.05) is 11.9 Å². The summed E-state index contributed by atoms with van der Waals surface area (Å²) in [6.45, 7) is 5.83. The van der Waals surface area contributed by atoms with Gasteiger partial charge in [-0.05, 0) is 24.5 Å². The van der Waals surface area contributed by atoms with E-state index in [1.165, 1.54) is 0 Å². The van der Waals surface area contributed by atoms with Gasteiger partial charge in [-0.15, -0.1) is 0 Å². The fraction of sp³-hybridized carbons (Fsp3) is 0.375. The average molecular weight is 287 g/mol. The van der Waals surface area contributed by atoms with Crippen molar-refractivity contribution in [3.8, 4) is 6.07 Å². The molecule has 1 amide bonds. The monoisotopic (exact) mass is 287 g/mol. The maximum absolute atomic E-state index is 14.4. The molecule has 1 heterocycles. The second kappa shape index (κ2) is 5.96. The number of nitrogens with zero attached hydrogens (tertiary/aromatic N) is 1. The summed E-state index contributed by atoms with van der Waals surface area (Å²) < 4.78 is 14.4. The van der Waals surface area contributed by atoms with E-state index in [1.807, 2.05) is 19.9 Å². The van der Waals surface area contributed by atoms with Gasteiger partial charge in [-0.3, -0.25) is 4.79 Å². The number of carbonyl (C=O) groups excluding carboxylic acids is 1. The molecule has 0 aliphatic heterocycles. The maximum Gasteiger partial charge on any atom is 0.267 e. The highest BCUT2D eigenvalue weighted by atomic mass is 19.1. The molecule has 21 heavy (non-hydrogen) atoms. The molecule has 0 saturated carbocycles. The molecule has 1 aromatic heterocycles. The van der Waals surface area contributed by atoms with Crippen LogP contribution in [0.15, 0.2) is 18.2 Å². The van der Waals surface area contributed by atoms with Crippen molar-refractivity contribution < 1.29 is 9.18 Å². The van der Waals surface area contributed by atoms with E-state index in [9.17, 15) is 9.18 Å². The zero-order chi connectivity index (χ0) is 15.6. The van der Waals surface area contributed by atoms with Gasteiger partial charge in [0.25, 0.3) is 5.91 Å². The topological polar surface area (TPSA) is 68.7 Å². The Hall–Kier alpha value is -2.35. The highest BCUT2D eigenvalue weighted by Crippen LogP contribution is 2.26. The number of aromatic amines is 1. The molecule has 2 rings (SSSR count). The first-order chi connectivity index (χ1) is 9.93. The number of carbonyl (C=O) groups is 1. The van der Waals surface area contributed by atoms with E-state index in [0.717, 1.165) is 0 Å². The van der Waals surface area contributed by atoms with E-state index in [0.29, 0.717) is 22.2 Å². The fourth-order valence-corrected chi connectivity index (χ4v) is 2.14. The molecule has 4 nitrogen and oxygen atoms in total. The Kier molecular flexibility index (Phi) is 4.27. The highest BCUT2D eigenvalue weighted by Gasteiger charge is 2.15. The summed E-state index contributed by atoms with van der Waals surface area (Å²) in [7, 11) is 0. The zero-order valence-electron chi connectivity index (χ0n) is 12.3. The largest absolute Gasteiger partial charge is 0.349 e. The van der Waals surface area contributed by atoms with Crippen LogP contribution in [0, 0.1) is 23.1 Å². The summed E-state index contributed by atoms with van der Waals surface area (Å²) in [6, 6.07) is 7.21. The minimum absolute atomic E-state index is 0.0754. The number of rotatable bonds is 4. The van der Waals surface area contributed by atoms with Gasteiger partial charge in [0.05, 0.1) is 17.5 Å². The summed E-state index contributed by atoms with van der Waals surface area (Å²) in [5, 5.41) is 12.0. The standard InChI is InChI=1S/C16H18FN3O/c1-9(2)12-5-4-11-6-13(20-15(11)14(12)17)16(21)19-8-10(3)7-18/h4-6,9-10,20H,8H2,1-3H3,(H,19,21)/t10-/m1/s1. The summed E-state index contributed by atoms with van der Waals surface area (Å²) in [4.78, 5) is 14.8. The minimum atomic E-state index is -0.334. The molecule has 0 unspecified atom stereocenters. The van der Waals surface area contributed by atoms with Gasteiger partial charge in [-0.25, -0.2) is 4.39 Å². The molecule has 110 valence electrons. The molecule has 2 aromatic rings. The van der Waals surface area contributed by atoms with Crippen molar-refractivity contribution in [1.82, 2.24) is 10.3 Å². The SMILES string of the molecule is CC(C)c1ccc2cc(C(=O)NC[C@H](C)C#N)[nH]c2c1F. The van der Waals surface area contributed by atoms with Crippen LogP contribution in [-0.4, -0.2) is 17.4 Å². The van der Waals surface area contributed by atoms with Gasteiger partial charge >= 0.3 is 0 Å². The molecule has 0 saturated heterocycles. The summed E-state index contributed by atoms with van der Waals surface area (Å²) in [5.74, 6) is -0.834. The van der Waals surface area contributed by atoms with E-state index in [-0.39, 0.29) is 30.1 Å². The van der Waals surface area contributed by atoms with Crippen molar-refractivity contribution in [3.63, 3.8) is 0 Å². The van der Waals surface area contributed by atoms with E-state index >= 15 is 0 Å². The number of nitriles is 1. The lowest BCUT2D eigenvalue weighted by molar-refractivity contribution is 0.0946.